The molecule has 2 bridgehead atoms. The summed E-state index contributed by atoms with van der Waals surface area (Å²) in [6.45, 7) is 1.38. The molecule has 0 aromatic heterocycles. The number of anilines is 2. The van der Waals surface area contributed by atoms with E-state index in [4.69, 9.17) is 5.73 Å². The molecule has 19 heavy (non-hydrogen) atoms. The van der Waals surface area contributed by atoms with Gasteiger partial charge in [0.1, 0.15) is 5.69 Å². The number of likely N-dealkylation sites (N-methyl/N-ethyl adjacent to an activating group) is 1. The summed E-state index contributed by atoms with van der Waals surface area (Å²) >= 11 is 0. The number of nitrogens with zero attached hydrogens (tertiary/aromatic N) is 2. The van der Waals surface area contributed by atoms with Crippen molar-refractivity contribution in [2.24, 2.45) is 0 Å². The maximum Gasteiger partial charge on any atom is 0.151 e. The van der Waals surface area contributed by atoms with Crippen LogP contribution in [-0.2, 0) is 0 Å². The molecule has 2 N–H and O–H groups in total. The Kier molecular flexibility index (Phi) is 3.09. The van der Waals surface area contributed by atoms with Gasteiger partial charge in [-0.2, -0.15) is 0 Å². The van der Waals surface area contributed by atoms with Crippen molar-refractivity contribution in [1.29, 1.82) is 0 Å². The van der Waals surface area contributed by atoms with Gasteiger partial charge in [-0.15, -0.1) is 0 Å². The molecule has 5 heteroatoms. The summed E-state index contributed by atoms with van der Waals surface area (Å²) in [5, 5.41) is 0. The number of nitrogens with two attached hydrogens (primary N) is 1. The van der Waals surface area contributed by atoms with E-state index in [2.05, 4.69) is 11.9 Å². The summed E-state index contributed by atoms with van der Waals surface area (Å²) in [7, 11) is 2.11. The minimum atomic E-state index is -0.557. The van der Waals surface area contributed by atoms with Crippen molar-refractivity contribution < 1.29 is 8.78 Å². The van der Waals surface area contributed by atoms with Crippen molar-refractivity contribution in [1.82, 2.24) is 4.90 Å². The van der Waals surface area contributed by atoms with Crippen molar-refractivity contribution in [2.45, 2.75) is 31.3 Å². The topological polar surface area (TPSA) is 32.5 Å². The molecule has 2 fully saturated rings. The molecule has 104 valence electrons. The first kappa shape index (κ1) is 12.7. The maximum atomic E-state index is 14.0. The van der Waals surface area contributed by atoms with Gasteiger partial charge in [0.15, 0.2) is 11.6 Å². The van der Waals surface area contributed by atoms with Gasteiger partial charge in [0.05, 0.1) is 0 Å². The van der Waals surface area contributed by atoms with Crippen LogP contribution in [0.25, 0.3) is 0 Å². The maximum absolute atomic E-state index is 14.0. The molecule has 2 unspecified atom stereocenters. The zero-order valence-corrected chi connectivity index (χ0v) is 11.1. The average Bonchev–Trinajstić information content (AvgIpc) is 2.55. The lowest BCUT2D eigenvalue weighted by atomic mass is 10.1. The Morgan fingerprint density at radius 3 is 2.42 bits per heavy atom. The average molecular weight is 267 g/mol. The van der Waals surface area contributed by atoms with Crippen LogP contribution in [0.5, 0.6) is 0 Å². The van der Waals surface area contributed by atoms with Crippen LogP contribution in [0.3, 0.4) is 0 Å². The number of hydrogen-bond donors (Lipinski definition) is 1. The lowest BCUT2D eigenvalue weighted by molar-refractivity contribution is 0.254. The Morgan fingerprint density at radius 2 is 1.74 bits per heavy atom. The standard InChI is InChI=1S/C14H19F2N3/c1-18-10-2-3-11(18)8-19(5-4-10)14-12(15)6-9(17)7-13(14)16/h6-7,10-11H,2-5,8,17H2,1H3. The van der Waals surface area contributed by atoms with Crippen molar-refractivity contribution in [3.8, 4) is 0 Å². The van der Waals surface area contributed by atoms with E-state index in [1.54, 1.807) is 0 Å². The predicted molar refractivity (Wildman–Crippen MR) is 72.2 cm³/mol. The van der Waals surface area contributed by atoms with Crippen molar-refractivity contribution in [3.63, 3.8) is 0 Å². The Balaban J connectivity index is 1.91. The molecule has 2 aliphatic heterocycles. The van der Waals surface area contributed by atoms with Gasteiger partial charge in [-0.3, -0.25) is 4.90 Å². The monoisotopic (exact) mass is 267 g/mol. The highest BCUT2D eigenvalue weighted by atomic mass is 19.1. The molecule has 0 spiro atoms. The normalized spacial score (nSPS) is 27.6. The number of nitrogen functional groups attached to an aromatic ring is 1. The van der Waals surface area contributed by atoms with E-state index < -0.39 is 11.6 Å². The molecule has 2 saturated heterocycles. The third-order valence-corrected chi connectivity index (χ3v) is 4.50. The fraction of sp³-hybridized carbons (Fsp3) is 0.571. The minimum absolute atomic E-state index is 0.0788. The molecule has 0 saturated carbocycles. The highest BCUT2D eigenvalue weighted by Crippen LogP contribution is 2.33. The van der Waals surface area contributed by atoms with E-state index in [1.165, 1.54) is 18.6 Å². The van der Waals surface area contributed by atoms with Crippen LogP contribution in [0.15, 0.2) is 12.1 Å². The van der Waals surface area contributed by atoms with Gasteiger partial charge in [0.25, 0.3) is 0 Å². The van der Waals surface area contributed by atoms with Crippen LogP contribution in [0.4, 0.5) is 20.2 Å². The molecule has 0 amide bonds. The van der Waals surface area contributed by atoms with Gasteiger partial charge >= 0.3 is 0 Å². The number of hydrogen-bond acceptors (Lipinski definition) is 3. The zero-order chi connectivity index (χ0) is 13.6. The number of benzene rings is 1. The summed E-state index contributed by atoms with van der Waals surface area (Å²) in [4.78, 5) is 4.19. The summed E-state index contributed by atoms with van der Waals surface area (Å²) in [6, 6.07) is 3.34. The third-order valence-electron chi connectivity index (χ3n) is 4.50. The molecule has 1 aromatic rings. The molecular weight excluding hydrogens is 248 g/mol. The van der Waals surface area contributed by atoms with Gasteiger partial charge in [-0.1, -0.05) is 0 Å². The Labute approximate surface area is 112 Å². The molecule has 1 aromatic carbocycles. The van der Waals surface area contributed by atoms with Crippen LogP contribution in [0.1, 0.15) is 19.3 Å². The van der Waals surface area contributed by atoms with E-state index >= 15 is 0 Å². The first-order valence-electron chi connectivity index (χ1n) is 6.77. The fourth-order valence-corrected chi connectivity index (χ4v) is 3.40. The summed E-state index contributed by atoms with van der Waals surface area (Å²) < 4.78 is 28.0. The molecule has 0 radical (unpaired) electrons. The zero-order valence-electron chi connectivity index (χ0n) is 11.1. The van der Waals surface area contributed by atoms with Crippen molar-refractivity contribution in [2.75, 3.05) is 30.8 Å². The van der Waals surface area contributed by atoms with Crippen LogP contribution in [0, 0.1) is 11.6 Å². The minimum Gasteiger partial charge on any atom is -0.399 e. The van der Waals surface area contributed by atoms with Crippen LogP contribution >= 0.6 is 0 Å². The summed E-state index contributed by atoms with van der Waals surface area (Å²) in [6.07, 6.45) is 3.26. The first-order valence-corrected chi connectivity index (χ1v) is 6.77. The largest absolute Gasteiger partial charge is 0.399 e. The molecular formula is C14H19F2N3. The summed E-state index contributed by atoms with van der Waals surface area (Å²) in [5.74, 6) is -1.11. The van der Waals surface area contributed by atoms with E-state index in [0.717, 1.165) is 12.8 Å². The highest BCUT2D eigenvalue weighted by molar-refractivity contribution is 5.56. The lowest BCUT2D eigenvalue weighted by Crippen LogP contribution is -2.37. The Hall–Kier alpha value is -1.36. The predicted octanol–water partition coefficient (Wildman–Crippen LogP) is 2.22. The molecule has 2 heterocycles. The number of rotatable bonds is 1. The van der Waals surface area contributed by atoms with E-state index in [-0.39, 0.29) is 11.4 Å². The lowest BCUT2D eigenvalue weighted by Gasteiger charge is -2.28. The van der Waals surface area contributed by atoms with Crippen LogP contribution in [-0.4, -0.2) is 37.1 Å². The van der Waals surface area contributed by atoms with Gasteiger partial charge in [0, 0.05) is 30.9 Å². The first-order chi connectivity index (χ1) is 9.06. The summed E-state index contributed by atoms with van der Waals surface area (Å²) in [5.41, 5.74) is 5.68. The molecule has 2 aliphatic rings. The van der Waals surface area contributed by atoms with E-state index in [9.17, 15) is 8.78 Å². The van der Waals surface area contributed by atoms with E-state index in [1.807, 2.05) is 4.90 Å². The second-order valence-electron chi connectivity index (χ2n) is 5.62. The Bertz CT molecular complexity index is 469. The van der Waals surface area contributed by atoms with Crippen LogP contribution in [0.2, 0.25) is 0 Å². The number of fused-ring (bicyclic) bond motifs is 2. The highest BCUT2D eigenvalue weighted by Gasteiger charge is 2.35. The number of halogens is 2. The molecule has 3 rings (SSSR count). The molecule has 0 aliphatic carbocycles. The molecule has 3 nitrogen and oxygen atoms in total. The van der Waals surface area contributed by atoms with Gasteiger partial charge < -0.3 is 10.6 Å². The van der Waals surface area contributed by atoms with Crippen molar-refractivity contribution in [3.05, 3.63) is 23.8 Å². The van der Waals surface area contributed by atoms with E-state index in [0.29, 0.717) is 25.2 Å². The van der Waals surface area contributed by atoms with Gasteiger partial charge in [-0.25, -0.2) is 8.78 Å². The smallest absolute Gasteiger partial charge is 0.151 e. The van der Waals surface area contributed by atoms with Crippen molar-refractivity contribution >= 4 is 11.4 Å². The quantitative estimate of drug-likeness (QED) is 0.792. The SMILES string of the molecule is CN1C2CCC1CN(c1c(F)cc(N)cc1F)CC2. The van der Waals surface area contributed by atoms with Gasteiger partial charge in [-0.05, 0) is 38.4 Å². The van der Waals surface area contributed by atoms with Crippen LogP contribution < -0.4 is 10.6 Å². The fourth-order valence-electron chi connectivity index (χ4n) is 3.40. The Morgan fingerprint density at radius 1 is 1.11 bits per heavy atom. The third kappa shape index (κ3) is 2.16. The van der Waals surface area contributed by atoms with Gasteiger partial charge in [0.2, 0.25) is 0 Å². The molecule has 2 atom stereocenters. The second-order valence-corrected chi connectivity index (χ2v) is 5.62. The second kappa shape index (κ2) is 4.63.